The minimum atomic E-state index is -0.141. The summed E-state index contributed by atoms with van der Waals surface area (Å²) in [4.78, 5) is 0. The maximum absolute atomic E-state index is 6.33. The van der Waals surface area contributed by atoms with Gasteiger partial charge in [0.05, 0.1) is 11.6 Å². The first-order valence-corrected chi connectivity index (χ1v) is 5.99. The molecule has 0 bridgehead atoms. The van der Waals surface area contributed by atoms with Crippen molar-refractivity contribution in [3.63, 3.8) is 0 Å². The highest BCUT2D eigenvalue weighted by molar-refractivity contribution is 9.10. The van der Waals surface area contributed by atoms with Gasteiger partial charge in [0.15, 0.2) is 0 Å². The lowest BCUT2D eigenvalue weighted by Crippen LogP contribution is -2.43. The average molecular weight is 270 g/mol. The molecular weight excluding hydrogens is 254 g/mol. The van der Waals surface area contributed by atoms with Crippen LogP contribution < -0.4 is 10.5 Å². The van der Waals surface area contributed by atoms with E-state index in [1.807, 2.05) is 6.07 Å². The third-order valence-corrected chi connectivity index (χ3v) is 4.00. The van der Waals surface area contributed by atoms with Crippen molar-refractivity contribution in [1.82, 2.24) is 0 Å². The maximum atomic E-state index is 6.33. The Hall–Kier alpha value is -0.540. The third-order valence-electron chi connectivity index (χ3n) is 3.19. The molecule has 0 saturated heterocycles. The molecule has 0 atom stereocenters. The van der Waals surface area contributed by atoms with Gasteiger partial charge in [0.1, 0.15) is 5.75 Å². The lowest BCUT2D eigenvalue weighted by atomic mass is 9.72. The second-order valence-electron chi connectivity index (χ2n) is 4.34. The Balaban J connectivity index is 2.50. The summed E-state index contributed by atoms with van der Waals surface area (Å²) in [6.45, 7) is 2.07. The number of ether oxygens (including phenoxy) is 1. The zero-order valence-electron chi connectivity index (χ0n) is 9.14. The number of methoxy groups -OCH3 is 1. The molecule has 0 aliphatic heterocycles. The molecule has 1 fully saturated rings. The van der Waals surface area contributed by atoms with Crippen LogP contribution in [0.1, 0.15) is 30.4 Å². The van der Waals surface area contributed by atoms with Gasteiger partial charge in [-0.1, -0.05) is 6.07 Å². The van der Waals surface area contributed by atoms with Crippen LogP contribution in [0.4, 0.5) is 0 Å². The van der Waals surface area contributed by atoms with Gasteiger partial charge in [0.25, 0.3) is 0 Å². The van der Waals surface area contributed by atoms with E-state index < -0.39 is 0 Å². The van der Waals surface area contributed by atoms with Crippen molar-refractivity contribution in [1.29, 1.82) is 0 Å². The molecule has 0 amide bonds. The highest BCUT2D eigenvalue weighted by Gasteiger charge is 2.36. The lowest BCUT2D eigenvalue weighted by Gasteiger charge is -2.39. The average Bonchev–Trinajstić information content (AvgIpc) is 2.17. The molecule has 0 radical (unpaired) electrons. The summed E-state index contributed by atoms with van der Waals surface area (Å²) in [6.07, 6.45) is 3.36. The second-order valence-corrected chi connectivity index (χ2v) is 5.13. The summed E-state index contributed by atoms with van der Waals surface area (Å²) in [5.74, 6) is 0.877. The van der Waals surface area contributed by atoms with Crippen LogP contribution in [0.15, 0.2) is 16.6 Å². The van der Waals surface area contributed by atoms with Crippen molar-refractivity contribution in [2.24, 2.45) is 5.73 Å². The van der Waals surface area contributed by atoms with Gasteiger partial charge >= 0.3 is 0 Å². The predicted molar refractivity (Wildman–Crippen MR) is 65.1 cm³/mol. The molecule has 2 nitrogen and oxygen atoms in total. The van der Waals surface area contributed by atoms with Gasteiger partial charge in [-0.05, 0) is 59.3 Å². The topological polar surface area (TPSA) is 35.2 Å². The number of hydrogen-bond donors (Lipinski definition) is 1. The van der Waals surface area contributed by atoms with E-state index >= 15 is 0 Å². The fraction of sp³-hybridized carbons (Fsp3) is 0.500. The molecule has 3 heteroatoms. The predicted octanol–water partition coefficient (Wildman–Crippen LogP) is 3.10. The molecule has 1 saturated carbocycles. The van der Waals surface area contributed by atoms with E-state index in [0.29, 0.717) is 0 Å². The fourth-order valence-corrected chi connectivity index (χ4v) is 2.86. The number of halogens is 1. The first-order chi connectivity index (χ1) is 7.07. The summed E-state index contributed by atoms with van der Waals surface area (Å²) >= 11 is 3.58. The summed E-state index contributed by atoms with van der Waals surface area (Å²) in [7, 11) is 1.69. The van der Waals surface area contributed by atoms with Crippen LogP contribution in [-0.4, -0.2) is 7.11 Å². The molecule has 1 aromatic carbocycles. The Bertz CT molecular complexity index is 385. The zero-order valence-corrected chi connectivity index (χ0v) is 10.7. The second kappa shape index (κ2) is 3.80. The summed E-state index contributed by atoms with van der Waals surface area (Å²) in [5, 5.41) is 0. The van der Waals surface area contributed by atoms with E-state index in [0.717, 1.165) is 23.1 Å². The molecule has 1 aliphatic rings. The Morgan fingerprint density at radius 1 is 1.40 bits per heavy atom. The van der Waals surface area contributed by atoms with Crippen molar-refractivity contribution < 1.29 is 4.74 Å². The Morgan fingerprint density at radius 3 is 2.53 bits per heavy atom. The van der Waals surface area contributed by atoms with E-state index in [1.54, 1.807) is 7.11 Å². The number of rotatable bonds is 2. The minimum Gasteiger partial charge on any atom is -0.496 e. The smallest absolute Gasteiger partial charge is 0.133 e. The van der Waals surface area contributed by atoms with Crippen LogP contribution in [0, 0.1) is 6.92 Å². The van der Waals surface area contributed by atoms with Crippen molar-refractivity contribution in [3.8, 4) is 5.75 Å². The van der Waals surface area contributed by atoms with Gasteiger partial charge in [-0.3, -0.25) is 0 Å². The van der Waals surface area contributed by atoms with Crippen LogP contribution in [0.3, 0.4) is 0 Å². The number of nitrogens with two attached hydrogens (primary N) is 1. The van der Waals surface area contributed by atoms with E-state index in [-0.39, 0.29) is 5.54 Å². The number of hydrogen-bond acceptors (Lipinski definition) is 2. The van der Waals surface area contributed by atoms with Crippen LogP contribution in [0.5, 0.6) is 5.75 Å². The lowest BCUT2D eigenvalue weighted by molar-refractivity contribution is 0.251. The molecule has 2 rings (SSSR count). The van der Waals surface area contributed by atoms with Crippen molar-refractivity contribution in [2.45, 2.75) is 31.7 Å². The van der Waals surface area contributed by atoms with Gasteiger partial charge in [0, 0.05) is 5.54 Å². The molecule has 0 heterocycles. The van der Waals surface area contributed by atoms with Gasteiger partial charge < -0.3 is 10.5 Å². The zero-order chi connectivity index (χ0) is 11.1. The number of benzene rings is 1. The number of aryl methyl sites for hydroxylation is 1. The van der Waals surface area contributed by atoms with Crippen LogP contribution in [0.25, 0.3) is 0 Å². The van der Waals surface area contributed by atoms with E-state index in [1.165, 1.54) is 17.5 Å². The van der Waals surface area contributed by atoms with Crippen LogP contribution >= 0.6 is 15.9 Å². The van der Waals surface area contributed by atoms with Crippen molar-refractivity contribution in [2.75, 3.05) is 7.11 Å². The van der Waals surface area contributed by atoms with Gasteiger partial charge in [-0.15, -0.1) is 0 Å². The van der Waals surface area contributed by atoms with Crippen LogP contribution in [0.2, 0.25) is 0 Å². The Labute approximate surface area is 98.9 Å². The van der Waals surface area contributed by atoms with Gasteiger partial charge in [-0.2, -0.15) is 0 Å². The summed E-state index contributed by atoms with van der Waals surface area (Å²) < 4.78 is 6.34. The molecule has 2 N–H and O–H groups in total. The summed E-state index contributed by atoms with van der Waals surface area (Å²) in [6, 6.07) is 4.18. The van der Waals surface area contributed by atoms with E-state index in [2.05, 4.69) is 28.9 Å². The fourth-order valence-electron chi connectivity index (χ4n) is 2.07. The highest BCUT2D eigenvalue weighted by atomic mass is 79.9. The largest absolute Gasteiger partial charge is 0.496 e. The molecule has 1 aliphatic carbocycles. The highest BCUT2D eigenvalue weighted by Crippen LogP contribution is 2.44. The molecule has 0 spiro atoms. The Morgan fingerprint density at radius 2 is 2.07 bits per heavy atom. The Kier molecular flexibility index (Phi) is 2.77. The normalized spacial score (nSPS) is 18.4. The quantitative estimate of drug-likeness (QED) is 0.896. The molecular formula is C12H16BrNO. The van der Waals surface area contributed by atoms with Crippen molar-refractivity contribution in [3.05, 3.63) is 27.7 Å². The van der Waals surface area contributed by atoms with E-state index in [4.69, 9.17) is 10.5 Å². The molecule has 15 heavy (non-hydrogen) atoms. The van der Waals surface area contributed by atoms with Gasteiger partial charge in [-0.25, -0.2) is 0 Å². The summed E-state index contributed by atoms with van der Waals surface area (Å²) in [5.41, 5.74) is 8.57. The van der Waals surface area contributed by atoms with Crippen LogP contribution in [-0.2, 0) is 5.54 Å². The molecule has 0 unspecified atom stereocenters. The first kappa shape index (κ1) is 11.0. The monoisotopic (exact) mass is 269 g/mol. The molecule has 1 aromatic rings. The van der Waals surface area contributed by atoms with Crippen molar-refractivity contribution >= 4 is 15.9 Å². The SMILES string of the molecule is COc1cc(C)cc(C2(N)CCC2)c1Br. The standard InChI is InChI=1S/C12H16BrNO/c1-8-6-9(12(14)4-3-5-12)11(13)10(7-8)15-2/h6-7H,3-5,14H2,1-2H3. The molecule has 0 aromatic heterocycles. The first-order valence-electron chi connectivity index (χ1n) is 5.20. The third kappa shape index (κ3) is 1.79. The molecule has 82 valence electrons. The van der Waals surface area contributed by atoms with Gasteiger partial charge in [0.2, 0.25) is 0 Å². The maximum Gasteiger partial charge on any atom is 0.133 e. The van der Waals surface area contributed by atoms with E-state index in [9.17, 15) is 0 Å². The minimum absolute atomic E-state index is 0.141.